The molecule has 0 saturated carbocycles. The van der Waals surface area contributed by atoms with Crippen molar-refractivity contribution in [3.8, 4) is 6.07 Å². The topological polar surface area (TPSA) is 127 Å². The maximum absolute atomic E-state index is 9.17. The van der Waals surface area contributed by atoms with Crippen LogP contribution in [-0.4, -0.2) is 43.0 Å². The van der Waals surface area contributed by atoms with Crippen LogP contribution in [0.2, 0.25) is 0 Å². The summed E-state index contributed by atoms with van der Waals surface area (Å²) in [5.74, 6) is 0.990. The summed E-state index contributed by atoms with van der Waals surface area (Å²) in [5, 5.41) is 29.1. The number of anilines is 3. The van der Waals surface area contributed by atoms with Crippen molar-refractivity contribution < 1.29 is 5.11 Å². The van der Waals surface area contributed by atoms with Crippen LogP contribution in [0.1, 0.15) is 12.5 Å². The number of aliphatic hydroxyl groups excluding tert-OH is 1. The molecule has 3 heterocycles. The molecule has 0 saturated heterocycles. The highest BCUT2D eigenvalue weighted by atomic mass is 16.3. The molecular formula is C14H16N8O. The number of aromatic nitrogens is 5. The summed E-state index contributed by atoms with van der Waals surface area (Å²) >= 11 is 0. The molecule has 0 bridgehead atoms. The molecule has 4 N–H and O–H groups in total. The van der Waals surface area contributed by atoms with Crippen molar-refractivity contribution in [3.05, 3.63) is 24.2 Å². The van der Waals surface area contributed by atoms with Crippen molar-refractivity contribution in [2.45, 2.75) is 13.5 Å². The number of aliphatic hydroxyl groups is 1. The Labute approximate surface area is 132 Å². The van der Waals surface area contributed by atoms with Crippen molar-refractivity contribution in [2.24, 2.45) is 0 Å². The number of H-pyrrole nitrogens is 1. The Kier molecular flexibility index (Phi) is 4.07. The van der Waals surface area contributed by atoms with Crippen molar-refractivity contribution in [1.82, 2.24) is 24.7 Å². The van der Waals surface area contributed by atoms with Gasteiger partial charge in [-0.3, -0.25) is 4.68 Å². The molecule has 0 radical (unpaired) electrons. The second-order valence-electron chi connectivity index (χ2n) is 4.80. The van der Waals surface area contributed by atoms with Crippen molar-refractivity contribution in [1.29, 1.82) is 5.26 Å². The Morgan fingerprint density at radius 1 is 1.43 bits per heavy atom. The van der Waals surface area contributed by atoms with Crippen LogP contribution in [0.15, 0.2) is 18.6 Å². The fraction of sp³-hybridized carbons (Fsp3) is 0.286. The molecule has 0 aliphatic rings. The highest BCUT2D eigenvalue weighted by Crippen LogP contribution is 2.26. The highest BCUT2D eigenvalue weighted by Gasteiger charge is 2.13. The number of nitrogens with zero attached hydrogens (tertiary/aromatic N) is 5. The van der Waals surface area contributed by atoms with E-state index in [4.69, 9.17) is 5.11 Å². The number of aromatic amines is 1. The third-order valence-corrected chi connectivity index (χ3v) is 3.21. The minimum Gasteiger partial charge on any atom is -0.394 e. The first-order chi connectivity index (χ1) is 11.2. The molecule has 0 aliphatic heterocycles. The molecule has 0 amide bonds. The summed E-state index contributed by atoms with van der Waals surface area (Å²) in [4.78, 5) is 11.8. The van der Waals surface area contributed by atoms with E-state index >= 15 is 0 Å². The van der Waals surface area contributed by atoms with Gasteiger partial charge in [0.2, 0.25) is 5.95 Å². The zero-order valence-electron chi connectivity index (χ0n) is 12.5. The molecule has 9 heteroatoms. The van der Waals surface area contributed by atoms with Gasteiger partial charge in [-0.1, -0.05) is 0 Å². The Morgan fingerprint density at radius 3 is 3.04 bits per heavy atom. The van der Waals surface area contributed by atoms with E-state index in [1.807, 2.05) is 6.92 Å². The average molecular weight is 312 g/mol. The van der Waals surface area contributed by atoms with Gasteiger partial charge in [0.15, 0.2) is 0 Å². The third-order valence-electron chi connectivity index (χ3n) is 3.21. The molecule has 0 fully saturated rings. The first kappa shape index (κ1) is 14.8. The van der Waals surface area contributed by atoms with Crippen molar-refractivity contribution in [2.75, 3.05) is 23.8 Å². The number of nitrogens with one attached hydrogen (secondary N) is 3. The third kappa shape index (κ3) is 2.93. The van der Waals surface area contributed by atoms with E-state index < -0.39 is 0 Å². The SMILES string of the molecule is CCNc1nc(Nc2cnn(CCO)c2)nc2[nH]cc(C#N)c12. The fourth-order valence-corrected chi connectivity index (χ4v) is 2.25. The van der Waals surface area contributed by atoms with Gasteiger partial charge in [0, 0.05) is 18.9 Å². The van der Waals surface area contributed by atoms with E-state index in [2.05, 4.69) is 36.8 Å². The first-order valence-electron chi connectivity index (χ1n) is 7.18. The lowest BCUT2D eigenvalue weighted by Gasteiger charge is -2.08. The molecule has 0 spiro atoms. The Balaban J connectivity index is 1.96. The standard InChI is InChI=1S/C14H16N8O/c1-2-16-12-11-9(5-15)6-17-13(11)21-14(20-12)19-10-7-18-22(8-10)3-4-23/h6-8,23H,2-4H2,1H3,(H3,16,17,19,20,21). The quantitative estimate of drug-likeness (QED) is 0.538. The molecule has 3 rings (SSSR count). The van der Waals surface area contributed by atoms with E-state index in [-0.39, 0.29) is 6.61 Å². The number of rotatable bonds is 6. The maximum atomic E-state index is 9.17. The Hall–Kier alpha value is -3.12. The molecule has 0 atom stereocenters. The first-order valence-corrected chi connectivity index (χ1v) is 7.18. The summed E-state index contributed by atoms with van der Waals surface area (Å²) in [7, 11) is 0. The molecule has 0 unspecified atom stereocenters. The van der Waals surface area contributed by atoms with E-state index in [1.54, 1.807) is 23.3 Å². The molecule has 118 valence electrons. The highest BCUT2D eigenvalue weighted by molar-refractivity contribution is 5.93. The molecule has 23 heavy (non-hydrogen) atoms. The van der Waals surface area contributed by atoms with Crippen LogP contribution in [0.25, 0.3) is 11.0 Å². The number of nitriles is 1. The van der Waals surface area contributed by atoms with E-state index in [9.17, 15) is 5.26 Å². The lowest BCUT2D eigenvalue weighted by Crippen LogP contribution is -2.05. The number of hydrogen-bond donors (Lipinski definition) is 4. The van der Waals surface area contributed by atoms with Crippen LogP contribution >= 0.6 is 0 Å². The van der Waals surface area contributed by atoms with Crippen molar-refractivity contribution in [3.63, 3.8) is 0 Å². The van der Waals surface area contributed by atoms with E-state index in [1.165, 1.54) is 0 Å². The lowest BCUT2D eigenvalue weighted by atomic mass is 10.2. The van der Waals surface area contributed by atoms with Crippen LogP contribution in [0, 0.1) is 11.3 Å². The smallest absolute Gasteiger partial charge is 0.231 e. The van der Waals surface area contributed by atoms with Gasteiger partial charge in [-0.15, -0.1) is 0 Å². The Bertz CT molecular complexity index is 859. The second-order valence-corrected chi connectivity index (χ2v) is 4.80. The van der Waals surface area contributed by atoms with Crippen LogP contribution in [0.4, 0.5) is 17.5 Å². The van der Waals surface area contributed by atoms with Gasteiger partial charge in [0.05, 0.1) is 36.0 Å². The number of hydrogen-bond acceptors (Lipinski definition) is 7. The maximum Gasteiger partial charge on any atom is 0.231 e. The van der Waals surface area contributed by atoms with Gasteiger partial charge < -0.3 is 20.7 Å². The second kappa shape index (κ2) is 6.33. The van der Waals surface area contributed by atoms with Crippen LogP contribution in [0.5, 0.6) is 0 Å². The van der Waals surface area contributed by atoms with Gasteiger partial charge in [0.1, 0.15) is 17.5 Å². The fourth-order valence-electron chi connectivity index (χ4n) is 2.25. The monoisotopic (exact) mass is 312 g/mol. The number of fused-ring (bicyclic) bond motifs is 1. The molecule has 3 aromatic heterocycles. The van der Waals surface area contributed by atoms with E-state index in [0.29, 0.717) is 47.1 Å². The minimum absolute atomic E-state index is 0.0214. The summed E-state index contributed by atoms with van der Waals surface area (Å²) in [5.41, 5.74) is 1.79. The molecule has 0 aliphatic carbocycles. The largest absolute Gasteiger partial charge is 0.394 e. The van der Waals surface area contributed by atoms with Crippen molar-refractivity contribution >= 4 is 28.5 Å². The summed E-state index contributed by atoms with van der Waals surface area (Å²) in [6.45, 7) is 3.08. The van der Waals surface area contributed by atoms with Crippen LogP contribution in [0.3, 0.4) is 0 Å². The van der Waals surface area contributed by atoms with Gasteiger partial charge in [0.25, 0.3) is 0 Å². The van der Waals surface area contributed by atoms with Gasteiger partial charge >= 0.3 is 0 Å². The molecule has 3 aromatic rings. The molecule has 0 aromatic carbocycles. The summed E-state index contributed by atoms with van der Waals surface area (Å²) in [6.07, 6.45) is 5.00. The predicted octanol–water partition coefficient (Wildman–Crippen LogP) is 1.19. The predicted molar refractivity (Wildman–Crippen MR) is 85.4 cm³/mol. The zero-order valence-corrected chi connectivity index (χ0v) is 12.5. The minimum atomic E-state index is 0.0214. The summed E-state index contributed by atoms with van der Waals surface area (Å²) < 4.78 is 1.62. The average Bonchev–Trinajstić information content (AvgIpc) is 3.15. The van der Waals surface area contributed by atoms with Crippen LogP contribution < -0.4 is 10.6 Å². The van der Waals surface area contributed by atoms with E-state index in [0.717, 1.165) is 0 Å². The normalized spacial score (nSPS) is 10.7. The zero-order chi connectivity index (χ0) is 16.2. The summed E-state index contributed by atoms with van der Waals surface area (Å²) in [6, 6.07) is 2.13. The van der Waals surface area contributed by atoms with Crippen LogP contribution in [-0.2, 0) is 6.54 Å². The Morgan fingerprint density at radius 2 is 2.30 bits per heavy atom. The molecule has 9 nitrogen and oxygen atoms in total. The van der Waals surface area contributed by atoms with Gasteiger partial charge in [-0.25, -0.2) is 0 Å². The van der Waals surface area contributed by atoms with Gasteiger partial charge in [-0.05, 0) is 6.92 Å². The molecular weight excluding hydrogens is 296 g/mol. The van der Waals surface area contributed by atoms with Gasteiger partial charge in [-0.2, -0.15) is 20.3 Å². The lowest BCUT2D eigenvalue weighted by molar-refractivity contribution is 0.269.